The normalized spacial score (nSPS) is 26.9. The lowest BCUT2D eigenvalue weighted by Gasteiger charge is -2.25. The van der Waals surface area contributed by atoms with Crippen LogP contribution in [-0.4, -0.2) is 44.2 Å². The zero-order valence-corrected chi connectivity index (χ0v) is 11.1. The van der Waals surface area contributed by atoms with Crippen molar-refractivity contribution in [1.82, 2.24) is 10.6 Å². The number of nitrogens with two attached hydrogens (primary N) is 1. The van der Waals surface area contributed by atoms with E-state index in [1.807, 2.05) is 6.92 Å². The molecule has 2 amide bonds. The summed E-state index contributed by atoms with van der Waals surface area (Å²) in [6, 6.07) is -0.286. The van der Waals surface area contributed by atoms with Crippen molar-refractivity contribution in [2.45, 2.75) is 32.7 Å². The van der Waals surface area contributed by atoms with Gasteiger partial charge in [0.2, 0.25) is 11.8 Å². The maximum atomic E-state index is 12.0. The van der Waals surface area contributed by atoms with Crippen molar-refractivity contribution >= 4 is 11.8 Å². The molecule has 104 valence electrons. The first-order chi connectivity index (χ1) is 8.50. The van der Waals surface area contributed by atoms with Crippen LogP contribution in [-0.2, 0) is 14.3 Å². The number of rotatable bonds is 6. The number of amides is 2. The van der Waals surface area contributed by atoms with E-state index in [1.54, 1.807) is 6.92 Å². The minimum atomic E-state index is -0.681. The van der Waals surface area contributed by atoms with Crippen molar-refractivity contribution < 1.29 is 14.3 Å². The average Bonchev–Trinajstić information content (AvgIpc) is 2.68. The lowest BCUT2D eigenvalue weighted by Crippen LogP contribution is -2.50. The Morgan fingerprint density at radius 2 is 2.11 bits per heavy atom. The zero-order chi connectivity index (χ0) is 13.6. The molecule has 1 saturated heterocycles. The highest BCUT2D eigenvalue weighted by molar-refractivity contribution is 5.84. The van der Waals surface area contributed by atoms with Gasteiger partial charge in [0.1, 0.15) is 0 Å². The van der Waals surface area contributed by atoms with Crippen LogP contribution in [0.4, 0.5) is 0 Å². The molecule has 0 radical (unpaired) electrons. The molecular formula is C12H23N3O3. The Morgan fingerprint density at radius 1 is 1.39 bits per heavy atom. The Balaban J connectivity index is 2.27. The summed E-state index contributed by atoms with van der Waals surface area (Å²) in [7, 11) is 0. The predicted octanol–water partition coefficient (Wildman–Crippen LogP) is -0.617. The molecule has 0 aliphatic carbocycles. The zero-order valence-electron chi connectivity index (χ0n) is 11.1. The second-order valence-corrected chi connectivity index (χ2v) is 4.89. The molecule has 1 fully saturated rings. The predicted molar refractivity (Wildman–Crippen MR) is 67.8 cm³/mol. The minimum absolute atomic E-state index is 0.0470. The number of carbonyl (C=O) groups is 2. The Labute approximate surface area is 108 Å². The number of ether oxygens (including phenoxy) is 1. The molecule has 6 heteroatoms. The van der Waals surface area contributed by atoms with Crippen molar-refractivity contribution in [2.75, 3.05) is 26.3 Å². The van der Waals surface area contributed by atoms with E-state index in [4.69, 9.17) is 10.5 Å². The molecule has 0 aromatic heterocycles. The van der Waals surface area contributed by atoms with E-state index in [9.17, 15) is 9.59 Å². The van der Waals surface area contributed by atoms with Crippen molar-refractivity contribution in [3.63, 3.8) is 0 Å². The van der Waals surface area contributed by atoms with Crippen LogP contribution in [0.3, 0.4) is 0 Å². The summed E-state index contributed by atoms with van der Waals surface area (Å²) in [6.07, 6.45) is 1.19. The summed E-state index contributed by atoms with van der Waals surface area (Å²) in [5.41, 5.74) is 5.17. The smallest absolute Gasteiger partial charge is 0.229 e. The van der Waals surface area contributed by atoms with Gasteiger partial charge >= 0.3 is 0 Å². The summed E-state index contributed by atoms with van der Waals surface area (Å²) in [6.45, 7) is 5.52. The van der Waals surface area contributed by atoms with Crippen LogP contribution in [0.25, 0.3) is 0 Å². The highest BCUT2D eigenvalue weighted by Gasteiger charge is 2.44. The summed E-state index contributed by atoms with van der Waals surface area (Å²) >= 11 is 0. The van der Waals surface area contributed by atoms with Crippen molar-refractivity contribution in [1.29, 1.82) is 0 Å². The lowest BCUT2D eigenvalue weighted by molar-refractivity contribution is -0.130. The fraction of sp³-hybridized carbons (Fsp3) is 0.833. The fourth-order valence-corrected chi connectivity index (χ4v) is 1.77. The minimum Gasteiger partial charge on any atom is -0.379 e. The number of carbonyl (C=O) groups excluding carboxylic acids is 2. The van der Waals surface area contributed by atoms with E-state index in [-0.39, 0.29) is 24.3 Å². The molecule has 1 aliphatic heterocycles. The van der Waals surface area contributed by atoms with Gasteiger partial charge in [-0.3, -0.25) is 9.59 Å². The van der Waals surface area contributed by atoms with Crippen molar-refractivity contribution in [2.24, 2.45) is 11.1 Å². The highest BCUT2D eigenvalue weighted by Crippen LogP contribution is 2.26. The second-order valence-electron chi connectivity index (χ2n) is 4.89. The molecule has 6 nitrogen and oxygen atoms in total. The first-order valence-electron chi connectivity index (χ1n) is 6.39. The fourth-order valence-electron chi connectivity index (χ4n) is 1.77. The summed E-state index contributed by atoms with van der Waals surface area (Å²) in [5.74, 6) is -0.190. The summed E-state index contributed by atoms with van der Waals surface area (Å²) in [5, 5.41) is 5.50. The van der Waals surface area contributed by atoms with Crippen LogP contribution in [0.5, 0.6) is 0 Å². The Hall–Kier alpha value is -1.14. The SMILES string of the molecule is CCCNC(=O)CCNC(=O)C1(C)COCC1N. The number of hydrogen-bond acceptors (Lipinski definition) is 4. The van der Waals surface area contributed by atoms with E-state index in [2.05, 4.69) is 10.6 Å². The van der Waals surface area contributed by atoms with Gasteiger partial charge in [0.05, 0.1) is 18.6 Å². The lowest BCUT2D eigenvalue weighted by atomic mass is 9.85. The molecular weight excluding hydrogens is 234 g/mol. The topological polar surface area (TPSA) is 93.5 Å². The maximum Gasteiger partial charge on any atom is 0.229 e. The maximum absolute atomic E-state index is 12.0. The summed E-state index contributed by atoms with van der Waals surface area (Å²) in [4.78, 5) is 23.3. The van der Waals surface area contributed by atoms with Gasteiger partial charge in [-0.05, 0) is 13.3 Å². The highest BCUT2D eigenvalue weighted by atomic mass is 16.5. The molecule has 0 spiro atoms. The number of hydrogen-bond donors (Lipinski definition) is 3. The quantitative estimate of drug-likeness (QED) is 0.591. The van der Waals surface area contributed by atoms with Crippen LogP contribution in [0, 0.1) is 5.41 Å². The molecule has 1 aliphatic rings. The average molecular weight is 257 g/mol. The Morgan fingerprint density at radius 3 is 2.67 bits per heavy atom. The molecule has 18 heavy (non-hydrogen) atoms. The molecule has 0 bridgehead atoms. The molecule has 1 heterocycles. The Kier molecular flexibility index (Phi) is 5.55. The van der Waals surface area contributed by atoms with Gasteiger partial charge in [-0.1, -0.05) is 6.92 Å². The van der Waals surface area contributed by atoms with Crippen LogP contribution >= 0.6 is 0 Å². The van der Waals surface area contributed by atoms with Crippen LogP contribution < -0.4 is 16.4 Å². The number of nitrogens with one attached hydrogen (secondary N) is 2. The molecule has 1 rings (SSSR count). The van der Waals surface area contributed by atoms with Gasteiger partial charge in [-0.25, -0.2) is 0 Å². The van der Waals surface area contributed by atoms with Gasteiger partial charge in [0.15, 0.2) is 0 Å². The Bertz CT molecular complexity index is 309. The first-order valence-corrected chi connectivity index (χ1v) is 6.39. The molecule has 2 unspecified atom stereocenters. The van der Waals surface area contributed by atoms with Crippen LogP contribution in [0.2, 0.25) is 0 Å². The first kappa shape index (κ1) is 14.9. The van der Waals surface area contributed by atoms with Gasteiger partial charge in [0.25, 0.3) is 0 Å². The van der Waals surface area contributed by atoms with Crippen LogP contribution in [0.1, 0.15) is 26.7 Å². The van der Waals surface area contributed by atoms with E-state index in [0.717, 1.165) is 6.42 Å². The largest absolute Gasteiger partial charge is 0.379 e. The van der Waals surface area contributed by atoms with E-state index < -0.39 is 5.41 Å². The third-order valence-corrected chi connectivity index (χ3v) is 3.25. The standard InChI is InChI=1S/C12H23N3O3/c1-3-5-14-10(16)4-6-15-11(17)12(2)8-18-7-9(12)13/h9H,3-8,13H2,1-2H3,(H,14,16)(H,15,17). The second kappa shape index (κ2) is 6.70. The van der Waals surface area contributed by atoms with Crippen LogP contribution in [0.15, 0.2) is 0 Å². The third kappa shape index (κ3) is 3.68. The monoisotopic (exact) mass is 257 g/mol. The molecule has 0 aromatic carbocycles. The van der Waals surface area contributed by atoms with Crippen molar-refractivity contribution in [3.05, 3.63) is 0 Å². The van der Waals surface area contributed by atoms with Gasteiger partial charge in [-0.15, -0.1) is 0 Å². The van der Waals surface area contributed by atoms with E-state index in [1.165, 1.54) is 0 Å². The molecule has 2 atom stereocenters. The molecule has 0 saturated carbocycles. The summed E-state index contributed by atoms with van der Waals surface area (Å²) < 4.78 is 5.21. The van der Waals surface area contributed by atoms with Gasteiger partial charge in [0, 0.05) is 25.6 Å². The van der Waals surface area contributed by atoms with Gasteiger partial charge in [-0.2, -0.15) is 0 Å². The van der Waals surface area contributed by atoms with E-state index >= 15 is 0 Å². The van der Waals surface area contributed by atoms with Crippen molar-refractivity contribution in [3.8, 4) is 0 Å². The van der Waals surface area contributed by atoms with Gasteiger partial charge < -0.3 is 21.1 Å². The third-order valence-electron chi connectivity index (χ3n) is 3.25. The molecule has 4 N–H and O–H groups in total. The molecule has 0 aromatic rings. The van der Waals surface area contributed by atoms with E-state index in [0.29, 0.717) is 26.3 Å².